The number of likely N-dealkylation sites (tertiary alicyclic amines) is 1. The Morgan fingerprint density at radius 3 is 2.58 bits per heavy atom. The second-order valence-corrected chi connectivity index (χ2v) is 10.5. The molecule has 3 heterocycles. The summed E-state index contributed by atoms with van der Waals surface area (Å²) < 4.78 is 2.00. The zero-order valence-electron chi connectivity index (χ0n) is 19.9. The van der Waals surface area contributed by atoms with E-state index in [0.29, 0.717) is 25.0 Å². The fourth-order valence-electron chi connectivity index (χ4n) is 6.09. The van der Waals surface area contributed by atoms with Crippen LogP contribution in [0, 0.1) is 5.92 Å². The summed E-state index contributed by atoms with van der Waals surface area (Å²) in [5, 5.41) is 3.28. The van der Waals surface area contributed by atoms with Gasteiger partial charge in [-0.25, -0.2) is 4.79 Å². The van der Waals surface area contributed by atoms with E-state index in [9.17, 15) is 9.59 Å². The fourth-order valence-corrected chi connectivity index (χ4v) is 6.09. The lowest BCUT2D eigenvalue weighted by Crippen LogP contribution is -2.53. The summed E-state index contributed by atoms with van der Waals surface area (Å²) >= 11 is 0. The molecule has 1 aliphatic carbocycles. The molecule has 1 aromatic carbocycles. The maximum Gasteiger partial charge on any atom is 0.317 e. The average molecular weight is 449 g/mol. The highest BCUT2D eigenvalue weighted by Crippen LogP contribution is 2.36. The molecule has 6 nitrogen and oxygen atoms in total. The first-order valence-electron chi connectivity index (χ1n) is 12.5. The first-order chi connectivity index (χ1) is 16.0. The van der Waals surface area contributed by atoms with Gasteiger partial charge in [0.25, 0.3) is 5.56 Å². The van der Waals surface area contributed by atoms with Gasteiger partial charge in [-0.2, -0.15) is 0 Å². The minimum absolute atomic E-state index is 0.0848. The van der Waals surface area contributed by atoms with Crippen LogP contribution in [0.2, 0.25) is 0 Å². The van der Waals surface area contributed by atoms with Crippen molar-refractivity contribution in [2.75, 3.05) is 27.2 Å². The molecule has 1 N–H and O–H groups in total. The first-order valence-corrected chi connectivity index (χ1v) is 12.5. The Kier molecular flexibility index (Phi) is 6.28. The summed E-state index contributed by atoms with van der Waals surface area (Å²) in [4.78, 5) is 30.7. The van der Waals surface area contributed by atoms with Crippen LogP contribution >= 0.6 is 0 Å². The highest BCUT2D eigenvalue weighted by molar-refractivity contribution is 5.75. The third kappa shape index (κ3) is 4.58. The molecule has 2 unspecified atom stereocenters. The Bertz CT molecular complexity index is 1070. The zero-order chi connectivity index (χ0) is 22.9. The second kappa shape index (κ2) is 9.34. The van der Waals surface area contributed by atoms with Crippen LogP contribution in [-0.4, -0.2) is 53.6 Å². The van der Waals surface area contributed by atoms with Crippen molar-refractivity contribution in [3.05, 3.63) is 58.0 Å². The number of aromatic nitrogens is 1. The molecular weight excluding hydrogens is 412 g/mol. The van der Waals surface area contributed by atoms with Crippen LogP contribution < -0.4 is 10.9 Å². The van der Waals surface area contributed by atoms with E-state index < -0.39 is 0 Å². The number of carbonyl (C=O) groups excluding carboxylic acids is 1. The lowest BCUT2D eigenvalue weighted by molar-refractivity contribution is 0.127. The monoisotopic (exact) mass is 448 g/mol. The van der Waals surface area contributed by atoms with Gasteiger partial charge in [-0.15, -0.1) is 0 Å². The van der Waals surface area contributed by atoms with E-state index in [1.54, 1.807) is 0 Å². The number of piperidine rings is 1. The van der Waals surface area contributed by atoms with E-state index in [2.05, 4.69) is 28.4 Å². The van der Waals surface area contributed by atoms with Crippen molar-refractivity contribution >= 4 is 6.03 Å². The molecule has 2 amide bonds. The van der Waals surface area contributed by atoms with E-state index >= 15 is 0 Å². The van der Waals surface area contributed by atoms with Crippen molar-refractivity contribution in [2.24, 2.45) is 5.92 Å². The fraction of sp³-hybridized carbons (Fsp3) is 0.556. The molecule has 0 spiro atoms. The van der Waals surface area contributed by atoms with Gasteiger partial charge in [0, 0.05) is 49.4 Å². The van der Waals surface area contributed by atoms with Crippen molar-refractivity contribution in [2.45, 2.75) is 63.6 Å². The maximum absolute atomic E-state index is 13.6. The molecule has 2 aliphatic heterocycles. The van der Waals surface area contributed by atoms with Crippen LogP contribution in [0.1, 0.15) is 55.7 Å². The summed E-state index contributed by atoms with van der Waals surface area (Å²) in [6, 6.07) is 12.8. The van der Waals surface area contributed by atoms with Gasteiger partial charge in [0.15, 0.2) is 0 Å². The SMILES string of the molecule is CN(C)Cc1ccccc1-c1ccc2n(c1=O)CC1CC2CN(C(=O)NC2CCCCC2)C1. The van der Waals surface area contributed by atoms with Gasteiger partial charge in [0.1, 0.15) is 0 Å². The van der Waals surface area contributed by atoms with Crippen LogP contribution in [0.15, 0.2) is 41.2 Å². The first kappa shape index (κ1) is 22.2. The molecule has 2 atom stereocenters. The summed E-state index contributed by atoms with van der Waals surface area (Å²) in [5.74, 6) is 0.562. The second-order valence-electron chi connectivity index (χ2n) is 10.5. The highest BCUT2D eigenvalue weighted by atomic mass is 16.2. The van der Waals surface area contributed by atoms with Crippen LogP contribution in [0.5, 0.6) is 0 Å². The Labute approximate surface area is 196 Å². The topological polar surface area (TPSA) is 57.6 Å². The zero-order valence-corrected chi connectivity index (χ0v) is 19.9. The number of amides is 2. The Morgan fingerprint density at radius 2 is 1.79 bits per heavy atom. The predicted octanol–water partition coefficient (Wildman–Crippen LogP) is 4.04. The van der Waals surface area contributed by atoms with Crippen LogP contribution in [0.4, 0.5) is 4.79 Å². The lowest BCUT2D eigenvalue weighted by atomic mass is 9.82. The Morgan fingerprint density at radius 1 is 1.00 bits per heavy atom. The van der Waals surface area contributed by atoms with Gasteiger partial charge in [0.2, 0.25) is 0 Å². The van der Waals surface area contributed by atoms with Crippen LogP contribution in [-0.2, 0) is 13.1 Å². The molecule has 1 saturated heterocycles. The highest BCUT2D eigenvalue weighted by Gasteiger charge is 2.37. The number of nitrogens with zero attached hydrogens (tertiary/aromatic N) is 3. The number of fused-ring (bicyclic) bond motifs is 4. The van der Waals surface area contributed by atoms with Gasteiger partial charge in [0.05, 0.1) is 0 Å². The van der Waals surface area contributed by atoms with Crippen molar-refractivity contribution in [1.82, 2.24) is 19.7 Å². The number of carbonyl (C=O) groups is 1. The molecular formula is C27H36N4O2. The standard InChI is InChI=1S/C27H36N4O2/c1-29(2)17-20-8-6-7-11-23(20)24-12-13-25-21-14-19(16-31(25)26(24)32)15-30(18-21)27(33)28-22-9-4-3-5-10-22/h6-8,11-13,19,21-22H,3-5,9-10,14-18H2,1-2H3,(H,28,33). The van der Waals surface area contributed by atoms with Gasteiger partial charge in [-0.3, -0.25) is 4.79 Å². The molecule has 5 rings (SSSR count). The quantitative estimate of drug-likeness (QED) is 0.768. The van der Waals surface area contributed by atoms with Crippen LogP contribution in [0.3, 0.4) is 0 Å². The Balaban J connectivity index is 1.38. The molecule has 2 bridgehead atoms. The minimum Gasteiger partial charge on any atom is -0.335 e. The molecule has 2 aromatic rings. The van der Waals surface area contributed by atoms with Gasteiger partial charge < -0.3 is 19.7 Å². The number of pyridine rings is 1. The molecule has 176 valence electrons. The average Bonchev–Trinajstić information content (AvgIpc) is 2.80. The number of hydrogen-bond donors (Lipinski definition) is 1. The molecule has 2 fully saturated rings. The summed E-state index contributed by atoms with van der Waals surface area (Å²) in [7, 11) is 4.10. The van der Waals surface area contributed by atoms with Gasteiger partial charge in [-0.05, 0) is 62.5 Å². The normalized spacial score (nSPS) is 22.8. The van der Waals surface area contributed by atoms with Crippen molar-refractivity contribution < 1.29 is 4.79 Å². The number of urea groups is 1. The number of hydrogen-bond acceptors (Lipinski definition) is 3. The van der Waals surface area contributed by atoms with Gasteiger partial charge in [-0.1, -0.05) is 43.5 Å². The predicted molar refractivity (Wildman–Crippen MR) is 131 cm³/mol. The van der Waals surface area contributed by atoms with Crippen molar-refractivity contribution in [3.63, 3.8) is 0 Å². The van der Waals surface area contributed by atoms with E-state index in [-0.39, 0.29) is 17.5 Å². The van der Waals surface area contributed by atoms with Crippen LogP contribution in [0.25, 0.3) is 11.1 Å². The minimum atomic E-state index is 0.0848. The summed E-state index contributed by atoms with van der Waals surface area (Å²) in [6.07, 6.45) is 6.97. The van der Waals surface area contributed by atoms with E-state index in [1.807, 2.05) is 41.8 Å². The maximum atomic E-state index is 13.6. The molecule has 0 radical (unpaired) electrons. The number of benzene rings is 1. The van der Waals surface area contributed by atoms with Gasteiger partial charge >= 0.3 is 6.03 Å². The van der Waals surface area contributed by atoms with Crippen molar-refractivity contribution in [3.8, 4) is 11.1 Å². The molecule has 1 saturated carbocycles. The third-order valence-corrected chi connectivity index (χ3v) is 7.62. The summed E-state index contributed by atoms with van der Waals surface area (Å²) in [5.41, 5.74) is 4.16. The Hall–Kier alpha value is -2.60. The van der Waals surface area contributed by atoms with E-state index in [1.165, 1.54) is 24.8 Å². The third-order valence-electron chi connectivity index (χ3n) is 7.62. The molecule has 3 aliphatic rings. The number of nitrogens with one attached hydrogen (secondary N) is 1. The summed E-state index contributed by atoms with van der Waals surface area (Å²) in [6.45, 7) is 2.93. The smallest absolute Gasteiger partial charge is 0.317 e. The van der Waals surface area contributed by atoms with E-state index in [4.69, 9.17) is 0 Å². The largest absolute Gasteiger partial charge is 0.335 e. The lowest BCUT2D eigenvalue weighted by Gasteiger charge is -2.43. The number of rotatable bonds is 4. The molecule has 6 heteroatoms. The molecule has 33 heavy (non-hydrogen) atoms. The van der Waals surface area contributed by atoms with Crippen molar-refractivity contribution in [1.29, 1.82) is 0 Å². The van der Waals surface area contributed by atoms with E-state index in [0.717, 1.165) is 49.2 Å². The molecule has 1 aromatic heterocycles.